The molecule has 0 spiro atoms. The minimum atomic E-state index is 0.0189. The van der Waals surface area contributed by atoms with E-state index in [1.807, 2.05) is 36.2 Å². The predicted octanol–water partition coefficient (Wildman–Crippen LogP) is 5.73. The summed E-state index contributed by atoms with van der Waals surface area (Å²) >= 11 is 7.98. The number of amidine groups is 1. The van der Waals surface area contributed by atoms with Gasteiger partial charge in [0.2, 0.25) is 0 Å². The second-order valence-electron chi connectivity index (χ2n) is 7.78. The van der Waals surface area contributed by atoms with Crippen LogP contribution in [0.15, 0.2) is 59.7 Å². The van der Waals surface area contributed by atoms with E-state index in [9.17, 15) is 0 Å². The van der Waals surface area contributed by atoms with Crippen molar-refractivity contribution in [2.45, 2.75) is 38.1 Å². The summed E-state index contributed by atoms with van der Waals surface area (Å²) in [5, 5.41) is 2.46. The van der Waals surface area contributed by atoms with Crippen LogP contribution >= 0.6 is 23.4 Å². The van der Waals surface area contributed by atoms with E-state index in [2.05, 4.69) is 65.6 Å². The fraction of sp³-hybridized carbons (Fsp3) is 0.304. The summed E-state index contributed by atoms with van der Waals surface area (Å²) in [6.07, 6.45) is 1.86. The maximum atomic E-state index is 6.11. The Kier molecular flexibility index (Phi) is 4.67. The van der Waals surface area contributed by atoms with Gasteiger partial charge in [-0.15, -0.1) is 0 Å². The Bertz CT molecular complexity index is 1070. The van der Waals surface area contributed by atoms with Gasteiger partial charge >= 0.3 is 0 Å². The molecule has 148 valence electrons. The number of aromatic nitrogens is 2. The van der Waals surface area contributed by atoms with E-state index in [0.717, 1.165) is 28.1 Å². The van der Waals surface area contributed by atoms with Crippen LogP contribution in [0.1, 0.15) is 41.7 Å². The third kappa shape index (κ3) is 3.17. The fourth-order valence-electron chi connectivity index (χ4n) is 4.53. The molecule has 6 heteroatoms. The molecule has 1 aromatic carbocycles. The molecule has 0 amide bonds. The lowest BCUT2D eigenvalue weighted by atomic mass is 9.96. The lowest BCUT2D eigenvalue weighted by molar-refractivity contribution is 0.320. The molecule has 3 aromatic rings. The first-order valence-corrected chi connectivity index (χ1v) is 11.2. The van der Waals surface area contributed by atoms with Crippen LogP contribution in [-0.4, -0.2) is 31.4 Å². The fourth-order valence-corrected chi connectivity index (χ4v) is 5.75. The SMILES string of the molecule is Cc1cc([C@@H]2[C@H](c3ccccn3)N=C3S[C@H](C)CN32)c(C)n1-c1ccc(Cl)cc1. The molecule has 0 saturated carbocycles. The minimum Gasteiger partial charge on any atom is -0.341 e. The van der Waals surface area contributed by atoms with Crippen LogP contribution in [0, 0.1) is 13.8 Å². The van der Waals surface area contributed by atoms with E-state index in [0.29, 0.717) is 5.25 Å². The van der Waals surface area contributed by atoms with Crippen molar-refractivity contribution in [2.24, 2.45) is 4.99 Å². The first-order chi connectivity index (χ1) is 14.0. The number of hydrogen-bond donors (Lipinski definition) is 0. The number of rotatable bonds is 3. The minimum absolute atomic E-state index is 0.0189. The van der Waals surface area contributed by atoms with Crippen molar-refractivity contribution in [1.29, 1.82) is 0 Å². The van der Waals surface area contributed by atoms with Gasteiger partial charge in [-0.05, 0) is 61.9 Å². The van der Waals surface area contributed by atoms with Crippen molar-refractivity contribution >= 4 is 28.5 Å². The molecule has 1 fully saturated rings. The van der Waals surface area contributed by atoms with Crippen molar-refractivity contribution in [3.8, 4) is 5.69 Å². The summed E-state index contributed by atoms with van der Waals surface area (Å²) in [6, 6.07) is 16.7. The lowest BCUT2D eigenvalue weighted by Crippen LogP contribution is -2.28. The first kappa shape index (κ1) is 18.8. The van der Waals surface area contributed by atoms with Gasteiger partial charge in [-0.2, -0.15) is 0 Å². The van der Waals surface area contributed by atoms with Gasteiger partial charge in [0, 0.05) is 40.1 Å². The molecule has 29 heavy (non-hydrogen) atoms. The van der Waals surface area contributed by atoms with E-state index in [-0.39, 0.29) is 12.1 Å². The van der Waals surface area contributed by atoms with Crippen molar-refractivity contribution in [1.82, 2.24) is 14.5 Å². The highest BCUT2D eigenvalue weighted by atomic mass is 35.5. The van der Waals surface area contributed by atoms with Gasteiger partial charge in [0.05, 0.1) is 11.7 Å². The molecule has 5 rings (SSSR count). The number of benzene rings is 1. The van der Waals surface area contributed by atoms with Crippen molar-refractivity contribution in [3.63, 3.8) is 0 Å². The van der Waals surface area contributed by atoms with E-state index in [4.69, 9.17) is 16.6 Å². The summed E-state index contributed by atoms with van der Waals surface area (Å²) in [5.74, 6) is 0. The molecule has 2 aromatic heterocycles. The van der Waals surface area contributed by atoms with Gasteiger partial charge in [0.25, 0.3) is 0 Å². The van der Waals surface area contributed by atoms with Gasteiger partial charge in [-0.1, -0.05) is 36.4 Å². The van der Waals surface area contributed by atoms with E-state index in [1.54, 1.807) is 0 Å². The van der Waals surface area contributed by atoms with Gasteiger partial charge in [0.15, 0.2) is 5.17 Å². The van der Waals surface area contributed by atoms with Gasteiger partial charge in [-0.25, -0.2) is 0 Å². The van der Waals surface area contributed by atoms with Gasteiger partial charge in [0.1, 0.15) is 6.04 Å². The Hall–Kier alpha value is -2.24. The van der Waals surface area contributed by atoms with E-state index in [1.165, 1.54) is 17.0 Å². The second kappa shape index (κ2) is 7.22. The largest absolute Gasteiger partial charge is 0.341 e. The quantitative estimate of drug-likeness (QED) is 0.540. The Balaban J connectivity index is 1.62. The number of aliphatic imine (C=N–C) groups is 1. The van der Waals surface area contributed by atoms with E-state index < -0.39 is 0 Å². The molecule has 0 unspecified atom stereocenters. The average molecular weight is 423 g/mol. The normalized spacial score (nSPS) is 23.4. The Morgan fingerprint density at radius 1 is 1.10 bits per heavy atom. The molecular formula is C23H23ClN4S. The van der Waals surface area contributed by atoms with E-state index >= 15 is 0 Å². The molecule has 1 saturated heterocycles. The number of thioether (sulfide) groups is 1. The highest BCUT2D eigenvalue weighted by molar-refractivity contribution is 8.14. The smallest absolute Gasteiger partial charge is 0.160 e. The molecule has 4 heterocycles. The summed E-state index contributed by atoms with van der Waals surface area (Å²) in [4.78, 5) is 12.2. The monoisotopic (exact) mass is 422 g/mol. The number of fused-ring (bicyclic) bond motifs is 1. The van der Waals surface area contributed by atoms with Gasteiger partial charge in [-0.3, -0.25) is 9.98 Å². The second-order valence-corrected chi connectivity index (χ2v) is 9.62. The van der Waals surface area contributed by atoms with Gasteiger partial charge < -0.3 is 9.47 Å². The van der Waals surface area contributed by atoms with Crippen LogP contribution in [0.4, 0.5) is 0 Å². The zero-order valence-corrected chi connectivity index (χ0v) is 18.3. The molecule has 4 nitrogen and oxygen atoms in total. The maximum Gasteiger partial charge on any atom is 0.160 e. The number of aryl methyl sites for hydroxylation is 1. The highest BCUT2D eigenvalue weighted by Crippen LogP contribution is 2.48. The van der Waals surface area contributed by atoms with Crippen LogP contribution < -0.4 is 0 Å². The molecule has 0 N–H and O–H groups in total. The zero-order chi connectivity index (χ0) is 20.1. The van der Waals surface area contributed by atoms with Crippen molar-refractivity contribution in [2.75, 3.05) is 6.54 Å². The molecule has 0 aliphatic carbocycles. The number of pyridine rings is 1. The van der Waals surface area contributed by atoms with Crippen LogP contribution in [-0.2, 0) is 0 Å². The zero-order valence-electron chi connectivity index (χ0n) is 16.7. The molecular weight excluding hydrogens is 400 g/mol. The molecule has 0 radical (unpaired) electrons. The highest BCUT2D eigenvalue weighted by Gasteiger charge is 2.44. The van der Waals surface area contributed by atoms with Crippen molar-refractivity contribution < 1.29 is 0 Å². The topological polar surface area (TPSA) is 33.4 Å². The molecule has 0 bridgehead atoms. The summed E-state index contributed by atoms with van der Waals surface area (Å²) in [6.45, 7) is 7.66. The Labute approximate surface area is 180 Å². The standard InChI is InChI=1S/C23H23ClN4S/c1-14-12-19(16(3)28(14)18-9-7-17(24)8-10-18)22-21(20-6-4-5-11-25-20)26-23-27(22)13-15(2)29-23/h4-12,15,21-22H,13H2,1-3H3/t15-,21+,22-/m1/s1. The Morgan fingerprint density at radius 3 is 2.62 bits per heavy atom. The summed E-state index contributed by atoms with van der Waals surface area (Å²) in [5.41, 5.74) is 5.95. The number of nitrogens with zero attached hydrogens (tertiary/aromatic N) is 4. The summed E-state index contributed by atoms with van der Waals surface area (Å²) < 4.78 is 2.31. The van der Waals surface area contributed by atoms with Crippen LogP contribution in [0.3, 0.4) is 0 Å². The summed E-state index contributed by atoms with van der Waals surface area (Å²) in [7, 11) is 0. The lowest BCUT2D eigenvalue weighted by Gasteiger charge is -2.27. The number of hydrogen-bond acceptors (Lipinski definition) is 4. The first-order valence-electron chi connectivity index (χ1n) is 9.89. The van der Waals surface area contributed by atoms with Crippen LogP contribution in [0.5, 0.6) is 0 Å². The molecule has 3 atom stereocenters. The van der Waals surface area contributed by atoms with Crippen LogP contribution in [0.25, 0.3) is 5.69 Å². The maximum absolute atomic E-state index is 6.11. The third-order valence-corrected chi connectivity index (χ3v) is 7.11. The number of halogens is 1. The Morgan fingerprint density at radius 2 is 1.90 bits per heavy atom. The molecule has 2 aliphatic rings. The van der Waals surface area contributed by atoms with Crippen LogP contribution in [0.2, 0.25) is 5.02 Å². The third-order valence-electron chi connectivity index (χ3n) is 5.76. The molecule has 2 aliphatic heterocycles. The predicted molar refractivity (Wildman–Crippen MR) is 121 cm³/mol. The average Bonchev–Trinajstić information content (AvgIpc) is 3.33. The van der Waals surface area contributed by atoms with Crippen molar-refractivity contribution in [3.05, 3.63) is 82.4 Å².